The molecule has 0 spiro atoms. The lowest BCUT2D eigenvalue weighted by molar-refractivity contribution is -0.131. The van der Waals surface area contributed by atoms with E-state index in [2.05, 4.69) is 10.6 Å². The fourth-order valence-corrected chi connectivity index (χ4v) is 3.77. The molecular weight excluding hydrogens is 416 g/mol. The lowest BCUT2D eigenvalue weighted by Crippen LogP contribution is -2.64. The molecule has 0 radical (unpaired) electrons. The van der Waals surface area contributed by atoms with Crippen LogP contribution in [0.2, 0.25) is 0 Å². The maximum atomic E-state index is 12.8. The first kappa shape index (κ1) is 21.4. The third-order valence-electron chi connectivity index (χ3n) is 5.51. The molecule has 4 amide bonds. The average molecular weight is 440 g/mol. The van der Waals surface area contributed by atoms with Crippen LogP contribution in [0.25, 0.3) is 0 Å². The van der Waals surface area contributed by atoms with Crippen LogP contribution >= 0.6 is 0 Å². The Hall–Kier alpha value is -3.82. The zero-order valence-electron chi connectivity index (χ0n) is 17.4. The molecule has 2 aliphatic heterocycles. The summed E-state index contributed by atoms with van der Waals surface area (Å²) in [6, 6.07) is 11.1. The minimum absolute atomic E-state index is 0.116. The van der Waals surface area contributed by atoms with Crippen molar-refractivity contribution in [1.29, 1.82) is 0 Å². The van der Waals surface area contributed by atoms with Crippen molar-refractivity contribution in [2.75, 3.05) is 24.5 Å². The molecule has 10 heteroatoms. The molecule has 4 rings (SSSR count). The van der Waals surface area contributed by atoms with E-state index in [9.17, 15) is 19.2 Å². The number of benzene rings is 1. The van der Waals surface area contributed by atoms with E-state index in [-0.39, 0.29) is 24.9 Å². The van der Waals surface area contributed by atoms with E-state index in [0.29, 0.717) is 25.9 Å². The Bertz CT molecular complexity index is 978. The molecule has 0 bridgehead atoms. The van der Waals surface area contributed by atoms with Crippen molar-refractivity contribution < 1.29 is 28.3 Å². The molecule has 1 aromatic carbocycles. The minimum Gasteiger partial charge on any atom is -0.448 e. The van der Waals surface area contributed by atoms with Crippen molar-refractivity contribution in [3.8, 4) is 0 Å². The van der Waals surface area contributed by atoms with Crippen LogP contribution in [0.3, 0.4) is 0 Å². The minimum atomic E-state index is -0.713. The Balaban J connectivity index is 1.32. The second-order valence-corrected chi connectivity index (χ2v) is 7.59. The van der Waals surface area contributed by atoms with E-state index in [4.69, 9.17) is 9.15 Å². The quantitative estimate of drug-likeness (QED) is 0.621. The summed E-state index contributed by atoms with van der Waals surface area (Å²) in [5.74, 6) is -0.977. The summed E-state index contributed by atoms with van der Waals surface area (Å²) in [5, 5.41) is 5.18. The van der Waals surface area contributed by atoms with Gasteiger partial charge in [0.15, 0.2) is 0 Å². The molecule has 2 aromatic rings. The van der Waals surface area contributed by atoms with Gasteiger partial charge in [-0.05, 0) is 24.5 Å². The van der Waals surface area contributed by atoms with E-state index in [0.717, 1.165) is 5.56 Å². The van der Waals surface area contributed by atoms with Gasteiger partial charge in [-0.3, -0.25) is 24.2 Å². The molecular formula is C22H24N4O6. The Labute approximate surface area is 184 Å². The maximum Gasteiger partial charge on any atom is 0.410 e. The van der Waals surface area contributed by atoms with E-state index in [1.165, 1.54) is 16.1 Å². The van der Waals surface area contributed by atoms with Crippen LogP contribution < -0.4 is 15.5 Å². The van der Waals surface area contributed by atoms with Gasteiger partial charge in [0.25, 0.3) is 0 Å². The van der Waals surface area contributed by atoms with Gasteiger partial charge in [0, 0.05) is 19.2 Å². The zero-order valence-corrected chi connectivity index (χ0v) is 17.4. The van der Waals surface area contributed by atoms with Crippen LogP contribution in [0.4, 0.5) is 10.7 Å². The van der Waals surface area contributed by atoms with E-state index in [1.54, 1.807) is 12.1 Å². The van der Waals surface area contributed by atoms with Gasteiger partial charge in [-0.2, -0.15) is 0 Å². The van der Waals surface area contributed by atoms with Crippen molar-refractivity contribution in [3.63, 3.8) is 0 Å². The molecule has 0 aliphatic carbocycles. The monoisotopic (exact) mass is 440 g/mol. The maximum absolute atomic E-state index is 12.8. The van der Waals surface area contributed by atoms with Crippen molar-refractivity contribution >= 4 is 29.7 Å². The largest absolute Gasteiger partial charge is 0.448 e. The fraction of sp³-hybridized carbons (Fsp3) is 0.364. The van der Waals surface area contributed by atoms with Crippen molar-refractivity contribution in [1.82, 2.24) is 15.5 Å². The summed E-state index contributed by atoms with van der Waals surface area (Å²) < 4.78 is 10.6. The van der Waals surface area contributed by atoms with E-state index >= 15 is 0 Å². The summed E-state index contributed by atoms with van der Waals surface area (Å²) >= 11 is 0. The lowest BCUT2D eigenvalue weighted by Gasteiger charge is -2.35. The van der Waals surface area contributed by atoms with Crippen LogP contribution in [-0.4, -0.2) is 60.4 Å². The zero-order chi connectivity index (χ0) is 22.5. The molecule has 10 nitrogen and oxygen atoms in total. The van der Waals surface area contributed by atoms with Gasteiger partial charge in [-0.15, -0.1) is 0 Å². The number of β-lactam (4-membered cyclic amide) rings is 1. The van der Waals surface area contributed by atoms with Gasteiger partial charge in [0.05, 0.1) is 12.8 Å². The molecule has 2 aliphatic rings. The number of nitrogens with one attached hydrogen (secondary N) is 2. The molecule has 2 fully saturated rings. The molecule has 2 atom stereocenters. The van der Waals surface area contributed by atoms with Crippen LogP contribution in [0.1, 0.15) is 18.4 Å². The molecule has 168 valence electrons. The number of furan rings is 1. The fourth-order valence-electron chi connectivity index (χ4n) is 3.77. The lowest BCUT2D eigenvalue weighted by atomic mass is 10.1. The summed E-state index contributed by atoms with van der Waals surface area (Å²) in [6.45, 7) is 0.501. The number of hydrogen-bond acceptors (Lipinski definition) is 6. The SMILES string of the molecule is O=C(NCC(=O)N(c1ccco1)C1CNC1=O)C1CCCN1C(=O)OCc1ccccc1. The van der Waals surface area contributed by atoms with Gasteiger partial charge in [0.1, 0.15) is 18.7 Å². The number of likely N-dealkylation sites (tertiary alicyclic amines) is 1. The van der Waals surface area contributed by atoms with Gasteiger partial charge in [-0.1, -0.05) is 30.3 Å². The number of hydrogen-bond donors (Lipinski definition) is 2. The van der Waals surface area contributed by atoms with Crippen molar-refractivity contribution in [3.05, 3.63) is 54.3 Å². The summed E-state index contributed by atoms with van der Waals surface area (Å²) in [4.78, 5) is 52.4. The van der Waals surface area contributed by atoms with Crippen LogP contribution in [-0.2, 0) is 25.7 Å². The standard InChI is InChI=1S/C22H24N4O6/c27-18(26(17-12-23-21(17)29)19-9-5-11-31-19)13-24-20(28)16-8-4-10-25(16)22(30)32-14-15-6-2-1-3-7-15/h1-3,5-7,9,11,16-17H,4,8,10,12-14H2,(H,23,29)(H,24,28). The summed E-state index contributed by atoms with van der Waals surface area (Å²) in [6.07, 6.45) is 1.98. The Kier molecular flexibility index (Phi) is 6.39. The second kappa shape index (κ2) is 9.54. The molecule has 0 saturated carbocycles. The highest BCUT2D eigenvalue weighted by Gasteiger charge is 2.40. The average Bonchev–Trinajstić information content (AvgIpc) is 3.51. The number of ether oxygens (including phenoxy) is 1. The number of carbonyl (C=O) groups is 4. The molecule has 2 unspecified atom stereocenters. The molecule has 2 saturated heterocycles. The topological polar surface area (TPSA) is 121 Å². The van der Waals surface area contributed by atoms with Crippen molar-refractivity contribution in [2.24, 2.45) is 0 Å². The predicted molar refractivity (Wildman–Crippen MR) is 112 cm³/mol. The highest BCUT2D eigenvalue weighted by atomic mass is 16.6. The first-order valence-electron chi connectivity index (χ1n) is 10.4. The molecule has 2 N–H and O–H groups in total. The Morgan fingerprint density at radius 1 is 1.19 bits per heavy atom. The highest BCUT2D eigenvalue weighted by molar-refractivity contribution is 6.04. The molecule has 32 heavy (non-hydrogen) atoms. The third-order valence-corrected chi connectivity index (χ3v) is 5.51. The number of anilines is 1. The highest BCUT2D eigenvalue weighted by Crippen LogP contribution is 2.21. The number of amides is 4. The molecule has 3 heterocycles. The van der Waals surface area contributed by atoms with Gasteiger partial charge < -0.3 is 19.8 Å². The Morgan fingerprint density at radius 3 is 2.66 bits per heavy atom. The smallest absolute Gasteiger partial charge is 0.410 e. The van der Waals surface area contributed by atoms with Crippen molar-refractivity contribution in [2.45, 2.75) is 31.5 Å². The second-order valence-electron chi connectivity index (χ2n) is 7.59. The van der Waals surface area contributed by atoms with Crippen LogP contribution in [0.15, 0.2) is 53.1 Å². The first-order chi connectivity index (χ1) is 15.5. The first-order valence-corrected chi connectivity index (χ1v) is 10.4. The summed E-state index contributed by atoms with van der Waals surface area (Å²) in [5.41, 5.74) is 0.852. The molecule has 1 aromatic heterocycles. The van der Waals surface area contributed by atoms with E-state index in [1.807, 2.05) is 30.3 Å². The van der Waals surface area contributed by atoms with Gasteiger partial charge >= 0.3 is 6.09 Å². The summed E-state index contributed by atoms with van der Waals surface area (Å²) in [7, 11) is 0. The Morgan fingerprint density at radius 2 is 2.00 bits per heavy atom. The van der Waals surface area contributed by atoms with Crippen LogP contribution in [0.5, 0.6) is 0 Å². The van der Waals surface area contributed by atoms with Gasteiger partial charge in [-0.25, -0.2) is 4.79 Å². The van der Waals surface area contributed by atoms with Gasteiger partial charge in [0.2, 0.25) is 23.6 Å². The number of rotatable bonds is 7. The number of carbonyl (C=O) groups excluding carboxylic acids is 4. The number of nitrogens with zero attached hydrogens (tertiary/aromatic N) is 2. The van der Waals surface area contributed by atoms with Crippen LogP contribution in [0, 0.1) is 0 Å². The normalized spacial score (nSPS) is 19.6. The predicted octanol–water partition coefficient (Wildman–Crippen LogP) is 1.03. The third kappa shape index (κ3) is 4.58. The van der Waals surface area contributed by atoms with E-state index < -0.39 is 30.0 Å².